The number of halogens is 1. The van der Waals surface area contributed by atoms with E-state index >= 15 is 0 Å². The Bertz CT molecular complexity index is 1040. The Kier molecular flexibility index (Phi) is 6.50. The lowest BCUT2D eigenvalue weighted by Gasteiger charge is -2.17. The second-order valence-corrected chi connectivity index (χ2v) is 7.70. The SMILES string of the molecule is CCC(NC(=O)c1ccc(Sc2nncn2C)c([N+](=O)[O-])c1)c1ccc(Cl)cc1. The Morgan fingerprint density at radius 2 is 2.03 bits per heavy atom. The average molecular weight is 432 g/mol. The van der Waals surface area contributed by atoms with Gasteiger partial charge < -0.3 is 9.88 Å². The highest BCUT2D eigenvalue weighted by Crippen LogP contribution is 2.34. The maximum atomic E-state index is 12.7. The summed E-state index contributed by atoms with van der Waals surface area (Å²) in [7, 11) is 1.75. The first-order chi connectivity index (χ1) is 13.9. The Morgan fingerprint density at radius 3 is 2.62 bits per heavy atom. The number of aromatic nitrogens is 3. The van der Waals surface area contributed by atoms with E-state index < -0.39 is 4.92 Å². The van der Waals surface area contributed by atoms with Crippen LogP contribution in [0.15, 0.2) is 58.8 Å². The predicted octanol–water partition coefficient (Wildman–Crippen LogP) is 4.41. The smallest absolute Gasteiger partial charge is 0.284 e. The van der Waals surface area contributed by atoms with Gasteiger partial charge in [-0.3, -0.25) is 14.9 Å². The van der Waals surface area contributed by atoms with Gasteiger partial charge in [0, 0.05) is 23.7 Å². The fourth-order valence-electron chi connectivity index (χ4n) is 2.71. The molecule has 1 heterocycles. The van der Waals surface area contributed by atoms with Crippen molar-refractivity contribution in [3.8, 4) is 0 Å². The number of nitrogens with one attached hydrogen (secondary N) is 1. The molecule has 29 heavy (non-hydrogen) atoms. The molecule has 3 aromatic rings. The van der Waals surface area contributed by atoms with Crippen molar-refractivity contribution in [1.29, 1.82) is 0 Å². The lowest BCUT2D eigenvalue weighted by atomic mass is 10.0. The van der Waals surface area contributed by atoms with Crippen molar-refractivity contribution >= 4 is 35.0 Å². The van der Waals surface area contributed by atoms with E-state index in [1.165, 1.54) is 12.4 Å². The second-order valence-electron chi connectivity index (χ2n) is 6.25. The zero-order chi connectivity index (χ0) is 21.0. The number of hydrogen-bond donors (Lipinski definition) is 1. The first-order valence-electron chi connectivity index (χ1n) is 8.75. The highest BCUT2D eigenvalue weighted by molar-refractivity contribution is 7.99. The molecule has 0 spiro atoms. The summed E-state index contributed by atoms with van der Waals surface area (Å²) in [5.41, 5.74) is 0.964. The fraction of sp³-hybridized carbons (Fsp3) is 0.211. The van der Waals surface area contributed by atoms with Crippen LogP contribution >= 0.6 is 23.4 Å². The molecule has 10 heteroatoms. The van der Waals surface area contributed by atoms with E-state index in [0.29, 0.717) is 21.5 Å². The largest absolute Gasteiger partial charge is 0.345 e. The number of carbonyl (C=O) groups is 1. The highest BCUT2D eigenvalue weighted by atomic mass is 35.5. The third-order valence-electron chi connectivity index (χ3n) is 4.27. The van der Waals surface area contributed by atoms with Gasteiger partial charge in [0.25, 0.3) is 11.6 Å². The molecule has 0 radical (unpaired) electrons. The zero-order valence-electron chi connectivity index (χ0n) is 15.7. The van der Waals surface area contributed by atoms with Gasteiger partial charge in [-0.25, -0.2) is 0 Å². The standard InChI is InChI=1S/C19H18ClN5O3S/c1-3-15(12-4-7-14(20)8-5-12)22-18(26)13-6-9-17(16(10-13)25(27)28)29-19-23-21-11-24(19)2/h4-11,15H,3H2,1-2H3,(H,22,26). The monoisotopic (exact) mass is 431 g/mol. The van der Waals surface area contributed by atoms with E-state index in [1.807, 2.05) is 19.1 Å². The molecule has 0 aliphatic rings. The van der Waals surface area contributed by atoms with Gasteiger partial charge in [-0.1, -0.05) is 30.7 Å². The Morgan fingerprint density at radius 1 is 1.31 bits per heavy atom. The predicted molar refractivity (Wildman–Crippen MR) is 110 cm³/mol. The number of nitro benzene ring substituents is 1. The van der Waals surface area contributed by atoms with Crippen LogP contribution in [0, 0.1) is 10.1 Å². The van der Waals surface area contributed by atoms with Gasteiger partial charge in [0.05, 0.1) is 15.9 Å². The van der Waals surface area contributed by atoms with Gasteiger partial charge in [-0.15, -0.1) is 10.2 Å². The number of rotatable bonds is 7. The molecule has 8 nitrogen and oxygen atoms in total. The summed E-state index contributed by atoms with van der Waals surface area (Å²) in [6, 6.07) is 11.4. The molecule has 1 aromatic heterocycles. The second kappa shape index (κ2) is 9.06. The number of amides is 1. The molecule has 0 bridgehead atoms. The van der Waals surface area contributed by atoms with Gasteiger partial charge in [0.2, 0.25) is 0 Å². The van der Waals surface area contributed by atoms with E-state index in [4.69, 9.17) is 11.6 Å². The molecule has 0 aliphatic carbocycles. The first kappa shape index (κ1) is 20.8. The van der Waals surface area contributed by atoms with Crippen LogP contribution in [0.4, 0.5) is 5.69 Å². The molecule has 0 saturated heterocycles. The number of carbonyl (C=O) groups excluding carboxylic acids is 1. The van der Waals surface area contributed by atoms with Crippen molar-refractivity contribution in [2.45, 2.75) is 29.4 Å². The normalized spacial score (nSPS) is 11.8. The number of nitrogens with zero attached hydrogens (tertiary/aromatic N) is 4. The van der Waals surface area contributed by atoms with Crippen LogP contribution in [0.2, 0.25) is 5.02 Å². The third-order valence-corrected chi connectivity index (χ3v) is 5.64. The Balaban J connectivity index is 1.83. The molecule has 1 atom stereocenters. The minimum atomic E-state index is -0.508. The van der Waals surface area contributed by atoms with Gasteiger partial charge in [-0.2, -0.15) is 0 Å². The minimum absolute atomic E-state index is 0.162. The summed E-state index contributed by atoms with van der Waals surface area (Å²) in [5, 5.41) is 23.3. The number of benzene rings is 2. The van der Waals surface area contributed by atoms with Crippen molar-refractivity contribution in [3.05, 3.63) is 75.1 Å². The molecule has 1 unspecified atom stereocenters. The summed E-state index contributed by atoms with van der Waals surface area (Å²) in [6.45, 7) is 1.95. The molecular formula is C19H18ClN5O3S. The van der Waals surface area contributed by atoms with E-state index in [9.17, 15) is 14.9 Å². The van der Waals surface area contributed by atoms with Crippen LogP contribution < -0.4 is 5.32 Å². The van der Waals surface area contributed by atoms with Gasteiger partial charge >= 0.3 is 0 Å². The number of aryl methyl sites for hydroxylation is 1. The summed E-state index contributed by atoms with van der Waals surface area (Å²) in [6.07, 6.45) is 2.17. The van der Waals surface area contributed by atoms with Crippen molar-refractivity contribution in [2.75, 3.05) is 0 Å². The van der Waals surface area contributed by atoms with E-state index in [1.54, 1.807) is 35.9 Å². The van der Waals surface area contributed by atoms with Gasteiger partial charge in [-0.05, 0) is 48.0 Å². The zero-order valence-corrected chi connectivity index (χ0v) is 17.3. The molecule has 1 amide bonds. The van der Waals surface area contributed by atoms with Crippen LogP contribution in [-0.2, 0) is 7.05 Å². The lowest BCUT2D eigenvalue weighted by molar-refractivity contribution is -0.387. The third kappa shape index (κ3) is 4.93. The van der Waals surface area contributed by atoms with Gasteiger partial charge in [0.1, 0.15) is 6.33 Å². The van der Waals surface area contributed by atoms with Crippen molar-refractivity contribution in [3.63, 3.8) is 0 Å². The maximum Gasteiger partial charge on any atom is 0.284 e. The number of hydrogen-bond acceptors (Lipinski definition) is 6. The van der Waals surface area contributed by atoms with E-state index in [-0.39, 0.29) is 23.2 Å². The maximum absolute atomic E-state index is 12.7. The van der Waals surface area contributed by atoms with Crippen LogP contribution in [0.5, 0.6) is 0 Å². The van der Waals surface area contributed by atoms with Gasteiger partial charge in [0.15, 0.2) is 5.16 Å². The summed E-state index contributed by atoms with van der Waals surface area (Å²) >= 11 is 7.04. The summed E-state index contributed by atoms with van der Waals surface area (Å²) in [5.74, 6) is -0.384. The first-order valence-corrected chi connectivity index (χ1v) is 9.95. The molecule has 0 aliphatic heterocycles. The molecular weight excluding hydrogens is 414 g/mol. The molecule has 0 fully saturated rings. The fourth-order valence-corrected chi connectivity index (χ4v) is 3.68. The Labute approximate surface area is 176 Å². The lowest BCUT2D eigenvalue weighted by Crippen LogP contribution is -2.28. The topological polar surface area (TPSA) is 103 Å². The quantitative estimate of drug-likeness (QED) is 0.439. The van der Waals surface area contributed by atoms with Crippen LogP contribution in [0.1, 0.15) is 35.3 Å². The van der Waals surface area contributed by atoms with Crippen molar-refractivity contribution in [2.24, 2.45) is 7.05 Å². The summed E-state index contributed by atoms with van der Waals surface area (Å²) in [4.78, 5) is 24.1. The number of nitro groups is 1. The van der Waals surface area contributed by atoms with Crippen LogP contribution in [0.3, 0.4) is 0 Å². The molecule has 1 N–H and O–H groups in total. The van der Waals surface area contributed by atoms with Crippen molar-refractivity contribution in [1.82, 2.24) is 20.1 Å². The average Bonchev–Trinajstić information content (AvgIpc) is 3.11. The van der Waals surface area contributed by atoms with Crippen molar-refractivity contribution < 1.29 is 9.72 Å². The highest BCUT2D eigenvalue weighted by Gasteiger charge is 2.21. The Hall–Kier alpha value is -2.91. The molecule has 150 valence electrons. The van der Waals surface area contributed by atoms with Crippen LogP contribution in [0.25, 0.3) is 0 Å². The van der Waals surface area contributed by atoms with E-state index in [0.717, 1.165) is 17.3 Å². The van der Waals surface area contributed by atoms with Crippen LogP contribution in [-0.4, -0.2) is 25.6 Å². The minimum Gasteiger partial charge on any atom is -0.345 e. The van der Waals surface area contributed by atoms with E-state index in [2.05, 4.69) is 15.5 Å². The molecule has 2 aromatic carbocycles. The molecule has 3 rings (SSSR count). The summed E-state index contributed by atoms with van der Waals surface area (Å²) < 4.78 is 1.66. The molecule has 0 saturated carbocycles.